The van der Waals surface area contributed by atoms with Gasteiger partial charge in [-0.15, -0.1) is 10.2 Å². The molecule has 1 saturated heterocycles. The first-order valence-corrected chi connectivity index (χ1v) is 11.1. The first kappa shape index (κ1) is 21.0. The number of benzene rings is 1. The van der Waals surface area contributed by atoms with Gasteiger partial charge in [0.1, 0.15) is 5.76 Å². The Morgan fingerprint density at radius 2 is 2.17 bits per heavy atom. The second-order valence-electron chi connectivity index (χ2n) is 7.12. The van der Waals surface area contributed by atoms with E-state index in [1.54, 1.807) is 6.26 Å². The van der Waals surface area contributed by atoms with E-state index in [0.29, 0.717) is 29.1 Å². The summed E-state index contributed by atoms with van der Waals surface area (Å²) in [5.74, 6) is 1.43. The number of carbonyl (C=O) groups excluding carboxylic acids is 1. The van der Waals surface area contributed by atoms with Gasteiger partial charge in [0, 0.05) is 23.7 Å². The fourth-order valence-electron chi connectivity index (χ4n) is 3.26. The summed E-state index contributed by atoms with van der Waals surface area (Å²) in [7, 11) is 0. The molecule has 158 valence electrons. The van der Waals surface area contributed by atoms with Crippen LogP contribution >= 0.6 is 23.4 Å². The van der Waals surface area contributed by atoms with Gasteiger partial charge < -0.3 is 14.5 Å². The van der Waals surface area contributed by atoms with Crippen molar-refractivity contribution in [2.45, 2.75) is 42.8 Å². The quantitative estimate of drug-likeness (QED) is 0.526. The lowest BCUT2D eigenvalue weighted by Crippen LogP contribution is -2.36. The van der Waals surface area contributed by atoms with Crippen LogP contribution in [0.25, 0.3) is 11.4 Å². The van der Waals surface area contributed by atoms with Crippen LogP contribution in [0.3, 0.4) is 0 Å². The molecule has 3 aromatic rings. The highest BCUT2D eigenvalue weighted by atomic mass is 35.5. The van der Waals surface area contributed by atoms with Gasteiger partial charge in [-0.25, -0.2) is 0 Å². The fraction of sp³-hybridized carbons (Fsp3) is 0.381. The zero-order valence-electron chi connectivity index (χ0n) is 16.6. The van der Waals surface area contributed by atoms with Gasteiger partial charge in [0.25, 0.3) is 0 Å². The van der Waals surface area contributed by atoms with Gasteiger partial charge in [-0.05, 0) is 56.2 Å². The third kappa shape index (κ3) is 5.06. The van der Waals surface area contributed by atoms with Crippen LogP contribution in [-0.4, -0.2) is 45.2 Å². The van der Waals surface area contributed by atoms with Crippen LogP contribution in [0, 0.1) is 0 Å². The molecule has 0 spiro atoms. The number of hydrogen-bond acceptors (Lipinski definition) is 6. The van der Waals surface area contributed by atoms with E-state index in [9.17, 15) is 4.79 Å². The molecule has 0 aliphatic carbocycles. The van der Waals surface area contributed by atoms with Crippen molar-refractivity contribution in [3.63, 3.8) is 0 Å². The minimum atomic E-state index is -0.330. The van der Waals surface area contributed by atoms with E-state index in [4.69, 9.17) is 20.8 Å². The Kier molecular flexibility index (Phi) is 6.76. The number of furan rings is 1. The normalized spacial score (nSPS) is 17.2. The number of nitrogens with zero attached hydrogens (tertiary/aromatic N) is 3. The second kappa shape index (κ2) is 9.68. The van der Waals surface area contributed by atoms with E-state index < -0.39 is 0 Å². The van der Waals surface area contributed by atoms with Crippen LogP contribution < -0.4 is 5.32 Å². The molecule has 1 amide bonds. The first-order valence-electron chi connectivity index (χ1n) is 9.87. The molecule has 1 N–H and O–H groups in total. The largest absolute Gasteiger partial charge is 0.467 e. The highest BCUT2D eigenvalue weighted by molar-refractivity contribution is 8.00. The Hall–Kier alpha value is -2.29. The molecule has 0 bridgehead atoms. The molecule has 1 aliphatic rings. The fourth-order valence-corrected chi connectivity index (χ4v) is 4.26. The molecule has 7 nitrogen and oxygen atoms in total. The summed E-state index contributed by atoms with van der Waals surface area (Å²) in [4.78, 5) is 12.6. The number of amides is 1. The Morgan fingerprint density at radius 1 is 1.33 bits per heavy atom. The summed E-state index contributed by atoms with van der Waals surface area (Å²) in [5, 5.41) is 12.7. The molecule has 4 rings (SSSR count). The van der Waals surface area contributed by atoms with Crippen LogP contribution in [0.2, 0.25) is 5.02 Å². The molecule has 1 aliphatic heterocycles. The molecular formula is C21H23ClN4O3S. The van der Waals surface area contributed by atoms with E-state index in [1.807, 2.05) is 47.9 Å². The van der Waals surface area contributed by atoms with E-state index in [0.717, 1.165) is 30.8 Å². The van der Waals surface area contributed by atoms with Crippen molar-refractivity contribution in [3.05, 3.63) is 53.4 Å². The van der Waals surface area contributed by atoms with Crippen LogP contribution in [0.15, 0.2) is 52.2 Å². The average Bonchev–Trinajstić information content (AvgIpc) is 3.51. The topological polar surface area (TPSA) is 82.2 Å². The summed E-state index contributed by atoms with van der Waals surface area (Å²) >= 11 is 7.39. The van der Waals surface area contributed by atoms with Crippen LogP contribution in [-0.2, 0) is 16.1 Å². The third-order valence-corrected chi connectivity index (χ3v) is 6.23. The minimum absolute atomic E-state index is 0.0453. The molecule has 9 heteroatoms. The van der Waals surface area contributed by atoms with Crippen LogP contribution in [0.1, 0.15) is 25.5 Å². The lowest BCUT2D eigenvalue weighted by atomic mass is 10.2. The van der Waals surface area contributed by atoms with E-state index >= 15 is 0 Å². The van der Waals surface area contributed by atoms with E-state index in [1.165, 1.54) is 11.8 Å². The summed E-state index contributed by atoms with van der Waals surface area (Å²) < 4.78 is 13.0. The van der Waals surface area contributed by atoms with Crippen LogP contribution in [0.5, 0.6) is 0 Å². The maximum absolute atomic E-state index is 12.6. The molecule has 0 radical (unpaired) electrons. The van der Waals surface area contributed by atoms with Gasteiger partial charge >= 0.3 is 0 Å². The Bertz CT molecular complexity index is 969. The molecule has 0 saturated carbocycles. The number of nitrogens with one attached hydrogen (secondary N) is 1. The maximum Gasteiger partial charge on any atom is 0.233 e. The predicted octanol–water partition coefficient (Wildman–Crippen LogP) is 4.02. The zero-order chi connectivity index (χ0) is 20.9. The second-order valence-corrected chi connectivity index (χ2v) is 8.86. The third-order valence-electron chi connectivity index (χ3n) is 4.89. The van der Waals surface area contributed by atoms with Gasteiger partial charge in [-0.1, -0.05) is 23.4 Å². The highest BCUT2D eigenvalue weighted by Gasteiger charge is 2.23. The lowest BCUT2D eigenvalue weighted by molar-refractivity contribution is -0.120. The van der Waals surface area contributed by atoms with Crippen molar-refractivity contribution < 1.29 is 13.9 Å². The Balaban J connectivity index is 1.51. The molecule has 3 heterocycles. The number of aromatic nitrogens is 3. The molecule has 2 unspecified atom stereocenters. The highest BCUT2D eigenvalue weighted by Crippen LogP contribution is 2.28. The van der Waals surface area contributed by atoms with E-state index in [2.05, 4.69) is 15.5 Å². The van der Waals surface area contributed by atoms with Crippen LogP contribution in [0.4, 0.5) is 0 Å². The summed E-state index contributed by atoms with van der Waals surface area (Å²) in [5.41, 5.74) is 0.890. The molecule has 30 heavy (non-hydrogen) atoms. The summed E-state index contributed by atoms with van der Waals surface area (Å²) in [6.07, 6.45) is 3.79. The van der Waals surface area contributed by atoms with E-state index in [-0.39, 0.29) is 17.3 Å². The first-order chi connectivity index (χ1) is 14.6. The molecule has 2 aromatic heterocycles. The predicted molar refractivity (Wildman–Crippen MR) is 116 cm³/mol. The van der Waals surface area contributed by atoms with Gasteiger partial charge in [0.2, 0.25) is 5.91 Å². The Morgan fingerprint density at radius 3 is 2.87 bits per heavy atom. The van der Waals surface area contributed by atoms with Crippen molar-refractivity contribution >= 4 is 29.3 Å². The number of hydrogen-bond donors (Lipinski definition) is 1. The number of rotatable bonds is 8. The van der Waals surface area contributed by atoms with Crippen molar-refractivity contribution in [1.82, 2.24) is 20.1 Å². The molecule has 1 aromatic carbocycles. The number of thioether (sulfide) groups is 1. The minimum Gasteiger partial charge on any atom is -0.467 e. The van der Waals surface area contributed by atoms with Gasteiger partial charge in [0.05, 0.1) is 24.2 Å². The SMILES string of the molecule is CC(Sc1nnc(-c2ccc(Cl)cc2)n1Cc1ccco1)C(=O)NCC1CCCO1. The van der Waals surface area contributed by atoms with Gasteiger partial charge in [-0.2, -0.15) is 0 Å². The molecule has 1 fully saturated rings. The van der Waals surface area contributed by atoms with Gasteiger partial charge in [0.15, 0.2) is 11.0 Å². The summed E-state index contributed by atoms with van der Waals surface area (Å²) in [6, 6.07) is 11.2. The smallest absolute Gasteiger partial charge is 0.233 e. The van der Waals surface area contributed by atoms with Crippen molar-refractivity contribution in [2.75, 3.05) is 13.2 Å². The Labute approximate surface area is 184 Å². The summed E-state index contributed by atoms with van der Waals surface area (Å²) in [6.45, 7) is 3.64. The van der Waals surface area contributed by atoms with Gasteiger partial charge in [-0.3, -0.25) is 9.36 Å². The monoisotopic (exact) mass is 446 g/mol. The number of carbonyl (C=O) groups is 1. The number of halogens is 1. The van der Waals surface area contributed by atoms with Crippen molar-refractivity contribution in [2.24, 2.45) is 0 Å². The van der Waals surface area contributed by atoms with Crippen molar-refractivity contribution in [1.29, 1.82) is 0 Å². The van der Waals surface area contributed by atoms with Crippen molar-refractivity contribution in [3.8, 4) is 11.4 Å². The average molecular weight is 447 g/mol. The standard InChI is InChI=1S/C21H23ClN4O3S/c1-14(20(27)23-12-17-4-2-10-28-17)30-21-25-24-19(15-6-8-16(22)9-7-15)26(21)13-18-5-3-11-29-18/h3,5-9,11,14,17H,2,4,10,12-13H2,1H3,(H,23,27). The molecule has 2 atom stereocenters. The lowest BCUT2D eigenvalue weighted by Gasteiger charge is -2.15. The zero-order valence-corrected chi connectivity index (χ0v) is 18.2. The maximum atomic E-state index is 12.6. The number of ether oxygens (including phenoxy) is 1. The molecular weight excluding hydrogens is 424 g/mol.